The van der Waals surface area contributed by atoms with Crippen LogP contribution in [0.4, 0.5) is 13.2 Å². The fourth-order valence-corrected chi connectivity index (χ4v) is 5.15. The molecule has 0 saturated carbocycles. The first-order valence-electron chi connectivity index (χ1n) is 10.5. The quantitative estimate of drug-likeness (QED) is 0.509. The molecule has 7 nitrogen and oxygen atoms in total. The molecule has 3 aromatic rings. The topological polar surface area (TPSA) is 91.0 Å². The number of β-amino-alcohol motifs (C(OH)–C–C–N with tert-alkyl or cyclic N) is 2. The molecule has 0 bridgehead atoms. The maximum atomic E-state index is 13.5. The van der Waals surface area contributed by atoms with Crippen LogP contribution in [0.2, 0.25) is 5.02 Å². The average molecular weight is 523 g/mol. The molecule has 2 N–H and O–H groups in total. The molecule has 12 heteroatoms. The summed E-state index contributed by atoms with van der Waals surface area (Å²) in [6.45, 7) is 0.305. The van der Waals surface area contributed by atoms with Crippen LogP contribution in [0.5, 0.6) is 0 Å². The minimum absolute atomic E-state index is 0.00707. The summed E-state index contributed by atoms with van der Waals surface area (Å²) in [5, 5.41) is 24.8. The molecule has 0 radical (unpaired) electrons. The number of fused-ring (bicyclic) bond motifs is 1. The van der Waals surface area contributed by atoms with Crippen LogP contribution in [0.15, 0.2) is 52.5 Å². The van der Waals surface area contributed by atoms with Crippen molar-refractivity contribution in [2.45, 2.75) is 24.9 Å². The average Bonchev–Trinajstić information content (AvgIpc) is 3.46. The van der Waals surface area contributed by atoms with Gasteiger partial charge in [-0.25, -0.2) is 0 Å². The second-order valence-electron chi connectivity index (χ2n) is 8.27. The Hall–Kier alpha value is -2.86. The fraction of sp³-hybridized carbons (Fsp3) is 0.261. The Morgan fingerprint density at radius 2 is 1.89 bits per heavy atom. The van der Waals surface area contributed by atoms with Crippen molar-refractivity contribution in [2.75, 3.05) is 13.1 Å². The van der Waals surface area contributed by atoms with Gasteiger partial charge >= 0.3 is 6.18 Å². The van der Waals surface area contributed by atoms with Crippen molar-refractivity contribution in [3.63, 3.8) is 0 Å². The summed E-state index contributed by atoms with van der Waals surface area (Å²) >= 11 is 6.93. The molecular formula is C23H18ClF3N4O3S. The standard InChI is InChI=1S/C23H18ClF3N4O3S/c24-15-3-2-13(16(7-15)23(25,26)27)9-31-17-4-1-12(5-14(17)8-28-31)6-20-21(34)29-22(35-20)30-10-18(32)19(33)11-30/h1-8,18-19,32-33H,9-11H2/t18-,19-/m1/s1. The Balaban J connectivity index is 1.37. The zero-order valence-corrected chi connectivity index (χ0v) is 19.5. The molecule has 5 rings (SSSR count). The molecule has 1 aromatic heterocycles. The minimum atomic E-state index is -4.54. The van der Waals surface area contributed by atoms with Gasteiger partial charge in [0.15, 0.2) is 5.17 Å². The zero-order valence-electron chi connectivity index (χ0n) is 17.9. The maximum absolute atomic E-state index is 13.5. The van der Waals surface area contributed by atoms with Crippen LogP contribution in [0, 0.1) is 0 Å². The third kappa shape index (κ3) is 4.81. The lowest BCUT2D eigenvalue weighted by molar-refractivity contribution is -0.138. The maximum Gasteiger partial charge on any atom is 0.416 e. The third-order valence-corrected chi connectivity index (χ3v) is 7.08. The first-order chi connectivity index (χ1) is 16.6. The highest BCUT2D eigenvalue weighted by atomic mass is 35.5. The van der Waals surface area contributed by atoms with Crippen molar-refractivity contribution in [3.05, 3.63) is 69.2 Å². The number of aliphatic imine (C=N–C) groups is 1. The Morgan fingerprint density at radius 1 is 1.14 bits per heavy atom. The van der Waals surface area contributed by atoms with E-state index >= 15 is 0 Å². The van der Waals surface area contributed by atoms with Gasteiger partial charge in [-0.15, -0.1) is 0 Å². The summed E-state index contributed by atoms with van der Waals surface area (Å²) in [7, 11) is 0. The van der Waals surface area contributed by atoms with Gasteiger partial charge in [0.1, 0.15) is 0 Å². The van der Waals surface area contributed by atoms with Gasteiger partial charge < -0.3 is 15.1 Å². The lowest BCUT2D eigenvalue weighted by Crippen LogP contribution is -2.26. The van der Waals surface area contributed by atoms with Gasteiger partial charge in [-0.2, -0.15) is 23.3 Å². The summed E-state index contributed by atoms with van der Waals surface area (Å²) in [6.07, 6.45) is -3.09. The molecule has 3 heterocycles. The monoisotopic (exact) mass is 522 g/mol. The number of benzene rings is 2. The third-order valence-electron chi connectivity index (χ3n) is 5.80. The van der Waals surface area contributed by atoms with Gasteiger partial charge in [0, 0.05) is 23.5 Å². The summed E-state index contributed by atoms with van der Waals surface area (Å²) in [5.41, 5.74) is 0.583. The van der Waals surface area contributed by atoms with Gasteiger partial charge in [-0.05, 0) is 53.2 Å². The van der Waals surface area contributed by atoms with Crippen LogP contribution in [-0.4, -0.2) is 61.3 Å². The number of nitrogens with zero attached hydrogens (tertiary/aromatic N) is 4. The van der Waals surface area contributed by atoms with Crippen molar-refractivity contribution in [1.29, 1.82) is 0 Å². The first kappa shape index (κ1) is 23.9. The number of carbonyl (C=O) groups is 1. The number of alkyl halides is 3. The second kappa shape index (κ2) is 8.98. The summed E-state index contributed by atoms with van der Waals surface area (Å²) in [5.74, 6) is -0.418. The molecule has 0 unspecified atom stereocenters. The molecule has 1 amide bonds. The number of likely N-dealkylation sites (tertiary alicyclic amines) is 1. The van der Waals surface area contributed by atoms with E-state index in [9.17, 15) is 28.2 Å². The Morgan fingerprint density at radius 3 is 2.60 bits per heavy atom. The van der Waals surface area contributed by atoms with Crippen LogP contribution < -0.4 is 0 Å². The van der Waals surface area contributed by atoms with Crippen molar-refractivity contribution < 1.29 is 28.2 Å². The smallest absolute Gasteiger partial charge is 0.389 e. The summed E-state index contributed by atoms with van der Waals surface area (Å²) < 4.78 is 41.8. The molecule has 1 saturated heterocycles. The van der Waals surface area contributed by atoms with E-state index in [2.05, 4.69) is 10.1 Å². The predicted octanol–water partition coefficient (Wildman–Crippen LogP) is 3.76. The molecule has 1 fully saturated rings. The van der Waals surface area contributed by atoms with E-state index in [0.717, 1.165) is 17.8 Å². The lowest BCUT2D eigenvalue weighted by atomic mass is 10.1. The number of halogens is 4. The molecule has 0 aliphatic carbocycles. The van der Waals surface area contributed by atoms with E-state index in [1.165, 1.54) is 16.8 Å². The van der Waals surface area contributed by atoms with Crippen LogP contribution >= 0.6 is 23.4 Å². The number of carbonyl (C=O) groups excluding carboxylic acids is 1. The highest BCUT2D eigenvalue weighted by molar-refractivity contribution is 8.18. The van der Waals surface area contributed by atoms with Crippen LogP contribution in [-0.2, 0) is 17.5 Å². The number of aliphatic hydroxyl groups is 2. The first-order valence-corrected chi connectivity index (χ1v) is 11.7. The van der Waals surface area contributed by atoms with Gasteiger partial charge in [-0.1, -0.05) is 23.7 Å². The Bertz CT molecular complexity index is 1380. The van der Waals surface area contributed by atoms with Crippen LogP contribution in [0.1, 0.15) is 16.7 Å². The van der Waals surface area contributed by atoms with Crippen molar-refractivity contribution >= 4 is 51.4 Å². The normalized spacial score (nSPS) is 22.0. The molecule has 2 aromatic carbocycles. The molecule has 182 valence electrons. The number of aromatic nitrogens is 2. The van der Waals surface area contributed by atoms with Gasteiger partial charge in [0.2, 0.25) is 0 Å². The Labute approximate surface area is 206 Å². The number of amidine groups is 1. The number of amides is 1. The van der Waals surface area contributed by atoms with Crippen molar-refractivity contribution in [1.82, 2.24) is 14.7 Å². The number of rotatable bonds is 3. The molecule has 2 atom stereocenters. The van der Waals surface area contributed by atoms with E-state index in [1.54, 1.807) is 35.4 Å². The molecule has 2 aliphatic heterocycles. The number of hydrogen-bond acceptors (Lipinski definition) is 6. The van der Waals surface area contributed by atoms with Gasteiger partial charge in [0.05, 0.1) is 40.9 Å². The van der Waals surface area contributed by atoms with E-state index < -0.39 is 29.9 Å². The Kier molecular flexibility index (Phi) is 6.12. The summed E-state index contributed by atoms with van der Waals surface area (Å²) in [6, 6.07) is 8.93. The SMILES string of the molecule is O=C1N=C(N2C[C@@H](O)[C@H](O)C2)SC1=Cc1ccc2c(cnn2Cc2ccc(Cl)cc2C(F)(F)F)c1. The van der Waals surface area contributed by atoms with Gasteiger partial charge in [-0.3, -0.25) is 9.48 Å². The van der Waals surface area contributed by atoms with Crippen LogP contribution in [0.25, 0.3) is 17.0 Å². The fourth-order valence-electron chi connectivity index (χ4n) is 4.04. The van der Waals surface area contributed by atoms with Crippen molar-refractivity contribution in [2.24, 2.45) is 4.99 Å². The second-order valence-corrected chi connectivity index (χ2v) is 9.72. The predicted molar refractivity (Wildman–Crippen MR) is 127 cm³/mol. The lowest BCUT2D eigenvalue weighted by Gasteiger charge is -2.15. The van der Waals surface area contributed by atoms with E-state index in [4.69, 9.17) is 11.6 Å². The highest BCUT2D eigenvalue weighted by Gasteiger charge is 2.36. The number of thioether (sulfide) groups is 1. The molecular weight excluding hydrogens is 505 g/mol. The largest absolute Gasteiger partial charge is 0.416 e. The zero-order chi connectivity index (χ0) is 24.9. The minimum Gasteiger partial charge on any atom is -0.389 e. The molecule has 35 heavy (non-hydrogen) atoms. The van der Waals surface area contributed by atoms with E-state index in [0.29, 0.717) is 26.5 Å². The van der Waals surface area contributed by atoms with E-state index in [-0.39, 0.29) is 30.2 Å². The molecule has 2 aliphatic rings. The van der Waals surface area contributed by atoms with E-state index in [1.807, 2.05) is 0 Å². The summed E-state index contributed by atoms with van der Waals surface area (Å²) in [4.78, 5) is 18.4. The van der Waals surface area contributed by atoms with Gasteiger partial charge in [0.25, 0.3) is 5.91 Å². The highest BCUT2D eigenvalue weighted by Crippen LogP contribution is 2.35. The molecule has 0 spiro atoms. The number of aliphatic hydroxyl groups excluding tert-OH is 2. The van der Waals surface area contributed by atoms with Crippen LogP contribution in [0.3, 0.4) is 0 Å². The number of hydrogen-bond donors (Lipinski definition) is 2. The van der Waals surface area contributed by atoms with Crippen molar-refractivity contribution in [3.8, 4) is 0 Å².